The van der Waals surface area contributed by atoms with Crippen LogP contribution < -0.4 is 10.1 Å². The Labute approximate surface area is 158 Å². The lowest BCUT2D eigenvalue weighted by Gasteiger charge is -2.13. The van der Waals surface area contributed by atoms with Crippen LogP contribution in [-0.4, -0.2) is 52.8 Å². The summed E-state index contributed by atoms with van der Waals surface area (Å²) in [5.41, 5.74) is 0.960. The SMILES string of the molecule is C=CC(=O)Nc1cc(OCCN(C)C)cc(-n2cc(Br)c([N+](=O)[O-])n2)c1. The summed E-state index contributed by atoms with van der Waals surface area (Å²) >= 11 is 3.12. The van der Waals surface area contributed by atoms with E-state index in [1.165, 1.54) is 10.9 Å². The zero-order valence-electron chi connectivity index (χ0n) is 14.3. The van der Waals surface area contributed by atoms with Gasteiger partial charge in [0.05, 0.1) is 17.0 Å². The number of carbonyl (C=O) groups excluding carboxylic acids is 1. The van der Waals surface area contributed by atoms with E-state index < -0.39 is 4.92 Å². The Morgan fingerprint density at radius 2 is 2.23 bits per heavy atom. The summed E-state index contributed by atoms with van der Waals surface area (Å²) in [6, 6.07) is 4.97. The van der Waals surface area contributed by atoms with E-state index in [4.69, 9.17) is 4.74 Å². The van der Waals surface area contributed by atoms with Gasteiger partial charge in [-0.1, -0.05) is 6.58 Å². The van der Waals surface area contributed by atoms with Crippen molar-refractivity contribution in [3.05, 3.63) is 51.6 Å². The molecule has 0 atom stereocenters. The Kier molecular flexibility index (Phi) is 6.47. The topological polar surface area (TPSA) is 103 Å². The average molecular weight is 424 g/mol. The van der Waals surface area contributed by atoms with Crippen LogP contribution in [0.5, 0.6) is 5.75 Å². The van der Waals surface area contributed by atoms with Gasteiger partial charge in [-0.15, -0.1) is 4.68 Å². The molecule has 0 aliphatic heterocycles. The number of ether oxygens (including phenoxy) is 1. The zero-order valence-corrected chi connectivity index (χ0v) is 15.9. The number of hydrogen-bond acceptors (Lipinski definition) is 6. The van der Waals surface area contributed by atoms with Crippen molar-refractivity contribution in [2.75, 3.05) is 32.6 Å². The fourth-order valence-corrected chi connectivity index (χ4v) is 2.43. The molecule has 2 rings (SSSR count). The molecule has 2 aromatic rings. The van der Waals surface area contributed by atoms with Crippen LogP contribution in [0.1, 0.15) is 0 Å². The van der Waals surface area contributed by atoms with Gasteiger partial charge in [0.25, 0.3) is 0 Å². The van der Waals surface area contributed by atoms with Crippen LogP contribution in [0.2, 0.25) is 0 Å². The number of likely N-dealkylation sites (N-methyl/N-ethyl adjacent to an activating group) is 1. The van der Waals surface area contributed by atoms with Gasteiger partial charge in [0, 0.05) is 24.4 Å². The number of nitrogens with zero attached hydrogens (tertiary/aromatic N) is 4. The van der Waals surface area contributed by atoms with Crippen LogP contribution in [-0.2, 0) is 4.79 Å². The highest BCUT2D eigenvalue weighted by molar-refractivity contribution is 9.10. The van der Waals surface area contributed by atoms with Crippen molar-refractivity contribution in [1.82, 2.24) is 14.7 Å². The summed E-state index contributed by atoms with van der Waals surface area (Å²) < 4.78 is 7.30. The number of aromatic nitrogens is 2. The van der Waals surface area contributed by atoms with Gasteiger partial charge in [0.2, 0.25) is 5.91 Å². The molecule has 26 heavy (non-hydrogen) atoms. The highest BCUT2D eigenvalue weighted by atomic mass is 79.9. The Bertz CT molecular complexity index is 834. The first-order valence-electron chi connectivity index (χ1n) is 7.56. The lowest BCUT2D eigenvalue weighted by Crippen LogP contribution is -2.19. The molecule has 0 saturated carbocycles. The largest absolute Gasteiger partial charge is 0.492 e. The third kappa shape index (κ3) is 5.14. The van der Waals surface area contributed by atoms with Crippen LogP contribution in [0.15, 0.2) is 41.5 Å². The number of rotatable bonds is 8. The molecule has 0 bridgehead atoms. The maximum atomic E-state index is 11.6. The number of halogens is 1. The average Bonchev–Trinajstić information content (AvgIpc) is 2.96. The molecular formula is C16H18BrN5O4. The number of anilines is 1. The first-order chi connectivity index (χ1) is 12.3. The number of nitrogens with one attached hydrogen (secondary N) is 1. The third-order valence-corrected chi connectivity index (χ3v) is 3.80. The maximum absolute atomic E-state index is 11.6. The predicted octanol–water partition coefficient (Wildman–Crippen LogP) is 2.61. The fourth-order valence-electron chi connectivity index (χ4n) is 2.01. The zero-order chi connectivity index (χ0) is 19.3. The minimum Gasteiger partial charge on any atom is -0.492 e. The molecule has 0 aliphatic rings. The molecule has 1 N–H and O–H groups in total. The molecule has 0 spiro atoms. The molecule has 1 aromatic carbocycles. The number of nitro groups is 1. The van der Waals surface area contributed by atoms with Crippen molar-refractivity contribution in [2.24, 2.45) is 0 Å². The Morgan fingerprint density at radius 3 is 2.81 bits per heavy atom. The minimum atomic E-state index is -0.585. The molecular weight excluding hydrogens is 406 g/mol. The van der Waals surface area contributed by atoms with Gasteiger partial charge in [-0.2, -0.15) is 0 Å². The normalized spacial score (nSPS) is 10.6. The molecule has 1 aromatic heterocycles. The first kappa shape index (κ1) is 19.6. The van der Waals surface area contributed by atoms with Crippen molar-refractivity contribution in [1.29, 1.82) is 0 Å². The number of carbonyl (C=O) groups is 1. The number of amides is 1. The summed E-state index contributed by atoms with van der Waals surface area (Å²) in [7, 11) is 3.85. The second kappa shape index (κ2) is 8.59. The van der Waals surface area contributed by atoms with Gasteiger partial charge in [0.15, 0.2) is 0 Å². The van der Waals surface area contributed by atoms with Crippen molar-refractivity contribution in [3.63, 3.8) is 0 Å². The van der Waals surface area contributed by atoms with Crippen molar-refractivity contribution in [3.8, 4) is 11.4 Å². The predicted molar refractivity (Wildman–Crippen MR) is 101 cm³/mol. The Balaban J connectivity index is 2.38. The highest BCUT2D eigenvalue weighted by Gasteiger charge is 2.20. The molecule has 9 nitrogen and oxygen atoms in total. The molecule has 1 heterocycles. The Morgan fingerprint density at radius 1 is 1.50 bits per heavy atom. The van der Waals surface area contributed by atoms with Gasteiger partial charge in [0.1, 0.15) is 16.8 Å². The first-order valence-corrected chi connectivity index (χ1v) is 8.35. The lowest BCUT2D eigenvalue weighted by atomic mass is 10.2. The molecule has 0 saturated heterocycles. The smallest absolute Gasteiger partial charge is 0.404 e. The molecule has 0 unspecified atom stereocenters. The second-order valence-corrected chi connectivity index (χ2v) is 6.42. The third-order valence-electron chi connectivity index (χ3n) is 3.24. The van der Waals surface area contributed by atoms with E-state index >= 15 is 0 Å². The van der Waals surface area contributed by atoms with E-state index in [-0.39, 0.29) is 16.2 Å². The lowest BCUT2D eigenvalue weighted by molar-refractivity contribution is -0.390. The van der Waals surface area contributed by atoms with Crippen LogP contribution in [0, 0.1) is 10.1 Å². The second-order valence-electron chi connectivity index (χ2n) is 5.56. The number of benzene rings is 1. The van der Waals surface area contributed by atoms with Gasteiger partial charge in [-0.25, -0.2) is 0 Å². The van der Waals surface area contributed by atoms with Crippen molar-refractivity contribution in [2.45, 2.75) is 0 Å². The summed E-state index contributed by atoms with van der Waals surface area (Å²) in [6.07, 6.45) is 2.62. The monoisotopic (exact) mass is 423 g/mol. The molecule has 0 aliphatic carbocycles. The number of hydrogen-bond donors (Lipinski definition) is 1. The van der Waals surface area contributed by atoms with E-state index in [1.807, 2.05) is 19.0 Å². The Hall–Kier alpha value is -2.72. The van der Waals surface area contributed by atoms with Gasteiger partial charge in [-0.05, 0) is 47.1 Å². The highest BCUT2D eigenvalue weighted by Crippen LogP contribution is 2.28. The van der Waals surface area contributed by atoms with Gasteiger partial charge >= 0.3 is 5.82 Å². The minimum absolute atomic E-state index is 0.248. The van der Waals surface area contributed by atoms with Crippen molar-refractivity contribution < 1.29 is 14.5 Å². The van der Waals surface area contributed by atoms with E-state index in [0.29, 0.717) is 30.3 Å². The van der Waals surface area contributed by atoms with Crippen LogP contribution in [0.3, 0.4) is 0 Å². The van der Waals surface area contributed by atoms with E-state index in [2.05, 4.69) is 32.9 Å². The van der Waals surface area contributed by atoms with E-state index in [1.54, 1.807) is 18.2 Å². The summed E-state index contributed by atoms with van der Waals surface area (Å²) in [4.78, 5) is 24.0. The van der Waals surface area contributed by atoms with E-state index in [0.717, 1.165) is 6.08 Å². The molecule has 0 radical (unpaired) electrons. The van der Waals surface area contributed by atoms with Crippen LogP contribution >= 0.6 is 15.9 Å². The molecule has 10 heteroatoms. The molecule has 1 amide bonds. The van der Waals surface area contributed by atoms with Crippen LogP contribution in [0.4, 0.5) is 11.5 Å². The maximum Gasteiger partial charge on any atom is 0.404 e. The van der Waals surface area contributed by atoms with E-state index in [9.17, 15) is 14.9 Å². The van der Waals surface area contributed by atoms with Crippen LogP contribution in [0.25, 0.3) is 5.69 Å². The molecule has 138 valence electrons. The van der Waals surface area contributed by atoms with Gasteiger partial charge < -0.3 is 25.1 Å². The van der Waals surface area contributed by atoms with Gasteiger partial charge in [-0.3, -0.25) is 4.79 Å². The standard InChI is InChI=1S/C16H18BrN5O4/c1-4-15(23)18-11-7-12(9-13(8-11)26-6-5-20(2)3)21-10-14(17)16(19-21)22(24)25/h4,7-10H,1,5-6H2,2-3H3,(H,18,23). The van der Waals surface area contributed by atoms with Crippen molar-refractivity contribution >= 4 is 33.3 Å². The molecule has 0 fully saturated rings. The summed E-state index contributed by atoms with van der Waals surface area (Å²) in [6.45, 7) is 4.56. The summed E-state index contributed by atoms with van der Waals surface area (Å²) in [5, 5.41) is 17.6. The summed E-state index contributed by atoms with van der Waals surface area (Å²) in [5.74, 6) is -0.187. The fraction of sp³-hybridized carbons (Fsp3) is 0.250. The quantitative estimate of drug-likeness (QED) is 0.397.